The Morgan fingerprint density at radius 1 is 1.62 bits per heavy atom. The molecule has 2 atom stereocenters. The molecule has 0 aliphatic rings. The highest BCUT2D eigenvalue weighted by Crippen LogP contribution is 2.17. The summed E-state index contributed by atoms with van der Waals surface area (Å²) in [5, 5.41) is 9.34. The Morgan fingerprint density at radius 2 is 2.31 bits per heavy atom. The Kier molecular flexibility index (Phi) is 3.39. The van der Waals surface area contributed by atoms with Gasteiger partial charge in [-0.2, -0.15) is 0 Å². The molecule has 0 fully saturated rings. The Morgan fingerprint density at radius 3 is 2.85 bits per heavy atom. The Bertz CT molecular complexity index is 273. The largest absolute Gasteiger partial charge is 0.391 e. The molecule has 0 saturated carbocycles. The second-order valence-electron chi connectivity index (χ2n) is 3.19. The van der Waals surface area contributed by atoms with E-state index in [-0.39, 0.29) is 6.04 Å². The topological polar surface area (TPSA) is 59.1 Å². The Hall–Kier alpha value is -0.930. The maximum atomic E-state index is 9.34. The molecule has 0 unspecified atom stereocenters. The maximum Gasteiger partial charge on any atom is 0.0705 e. The van der Waals surface area contributed by atoms with Crippen molar-refractivity contribution in [2.45, 2.75) is 32.4 Å². The summed E-state index contributed by atoms with van der Waals surface area (Å²) in [6, 6.07) is 1.61. The summed E-state index contributed by atoms with van der Waals surface area (Å²) >= 11 is 0. The van der Waals surface area contributed by atoms with Crippen LogP contribution in [-0.4, -0.2) is 16.2 Å². The smallest absolute Gasteiger partial charge is 0.0705 e. The predicted molar refractivity (Wildman–Crippen MR) is 52.2 cm³/mol. The average molecular weight is 180 g/mol. The van der Waals surface area contributed by atoms with Crippen molar-refractivity contribution >= 4 is 0 Å². The summed E-state index contributed by atoms with van der Waals surface area (Å²) < 4.78 is 0. The van der Waals surface area contributed by atoms with Crippen LogP contribution >= 0.6 is 0 Å². The first-order valence-corrected chi connectivity index (χ1v) is 4.53. The number of aliphatic hydroxyl groups is 1. The van der Waals surface area contributed by atoms with E-state index < -0.39 is 6.10 Å². The fourth-order valence-electron chi connectivity index (χ4n) is 1.32. The van der Waals surface area contributed by atoms with Crippen LogP contribution in [0.3, 0.4) is 0 Å². The highest BCUT2D eigenvalue weighted by atomic mass is 16.3. The van der Waals surface area contributed by atoms with Crippen molar-refractivity contribution < 1.29 is 5.11 Å². The molecule has 1 rings (SSSR count). The van der Waals surface area contributed by atoms with Crippen LogP contribution in [0.4, 0.5) is 0 Å². The van der Waals surface area contributed by atoms with E-state index in [9.17, 15) is 5.11 Å². The van der Waals surface area contributed by atoms with Crippen molar-refractivity contribution in [3.63, 3.8) is 0 Å². The first kappa shape index (κ1) is 10.2. The summed E-state index contributed by atoms with van der Waals surface area (Å²) in [6.45, 7) is 3.75. The van der Waals surface area contributed by atoms with Crippen LogP contribution in [0.1, 0.15) is 31.0 Å². The van der Waals surface area contributed by atoms with Gasteiger partial charge >= 0.3 is 0 Å². The minimum Gasteiger partial charge on any atom is -0.391 e. The van der Waals surface area contributed by atoms with Crippen molar-refractivity contribution in [2.24, 2.45) is 5.73 Å². The zero-order chi connectivity index (χ0) is 9.84. The van der Waals surface area contributed by atoms with Gasteiger partial charge in [0.2, 0.25) is 0 Å². The molecule has 3 heteroatoms. The zero-order valence-electron chi connectivity index (χ0n) is 8.07. The van der Waals surface area contributed by atoms with Crippen LogP contribution in [0, 0.1) is 0 Å². The number of aryl methyl sites for hydroxylation is 1. The number of nitrogens with two attached hydrogens (primary N) is 1. The van der Waals surface area contributed by atoms with Gasteiger partial charge in [-0.05, 0) is 30.5 Å². The lowest BCUT2D eigenvalue weighted by Crippen LogP contribution is -2.24. The molecule has 0 radical (unpaired) electrons. The summed E-state index contributed by atoms with van der Waals surface area (Å²) in [6.07, 6.45) is 3.86. The summed E-state index contributed by atoms with van der Waals surface area (Å²) in [5.74, 6) is 0. The molecule has 3 N–H and O–H groups in total. The molecule has 0 aromatic carbocycles. The highest BCUT2D eigenvalue weighted by Gasteiger charge is 2.14. The molecule has 0 bridgehead atoms. The van der Waals surface area contributed by atoms with Gasteiger partial charge in [-0.15, -0.1) is 0 Å². The van der Waals surface area contributed by atoms with Gasteiger partial charge in [0.25, 0.3) is 0 Å². The number of nitrogens with zero attached hydrogens (tertiary/aromatic N) is 1. The van der Waals surface area contributed by atoms with Gasteiger partial charge < -0.3 is 10.8 Å². The molecule has 1 aromatic rings. The van der Waals surface area contributed by atoms with Crippen molar-refractivity contribution in [1.82, 2.24) is 4.98 Å². The van der Waals surface area contributed by atoms with Gasteiger partial charge in [0.05, 0.1) is 12.1 Å². The molecular weight excluding hydrogens is 164 g/mol. The van der Waals surface area contributed by atoms with E-state index in [1.165, 1.54) is 0 Å². The Labute approximate surface area is 78.6 Å². The van der Waals surface area contributed by atoms with E-state index >= 15 is 0 Å². The molecule has 0 amide bonds. The minimum atomic E-state index is -0.533. The summed E-state index contributed by atoms with van der Waals surface area (Å²) in [7, 11) is 0. The van der Waals surface area contributed by atoms with Crippen molar-refractivity contribution in [1.29, 1.82) is 0 Å². The van der Waals surface area contributed by atoms with Crippen LogP contribution < -0.4 is 5.73 Å². The second-order valence-corrected chi connectivity index (χ2v) is 3.19. The van der Waals surface area contributed by atoms with Gasteiger partial charge in [0.15, 0.2) is 0 Å². The molecule has 0 saturated heterocycles. The molecule has 0 aliphatic carbocycles. The van der Waals surface area contributed by atoms with Crippen LogP contribution in [0.2, 0.25) is 0 Å². The number of aliphatic hydroxyl groups excluding tert-OH is 1. The fraction of sp³-hybridized carbons (Fsp3) is 0.500. The van der Waals surface area contributed by atoms with Gasteiger partial charge in [-0.25, -0.2) is 0 Å². The number of pyridine rings is 1. The van der Waals surface area contributed by atoms with Crippen LogP contribution in [0.15, 0.2) is 18.5 Å². The monoisotopic (exact) mass is 180 g/mol. The molecular formula is C10H16N2O. The predicted octanol–water partition coefficient (Wildman–Crippen LogP) is 1.02. The van der Waals surface area contributed by atoms with Gasteiger partial charge in [-0.3, -0.25) is 4.98 Å². The third-order valence-electron chi connectivity index (χ3n) is 2.21. The van der Waals surface area contributed by atoms with Gasteiger partial charge in [-0.1, -0.05) is 6.92 Å². The zero-order valence-corrected chi connectivity index (χ0v) is 8.07. The molecule has 3 nitrogen and oxygen atoms in total. The standard InChI is InChI=1S/C10H16N2O/c1-3-8-4-5-12-6-9(8)10(11)7(2)13/h4-7,10,13H,3,11H2,1-2H3/t7-,10-/m1/s1. The Balaban J connectivity index is 2.98. The maximum absolute atomic E-state index is 9.34. The lowest BCUT2D eigenvalue weighted by atomic mass is 9.99. The number of rotatable bonds is 3. The SMILES string of the molecule is CCc1ccncc1[C@H](N)[C@@H](C)O. The lowest BCUT2D eigenvalue weighted by molar-refractivity contribution is 0.164. The molecule has 1 heterocycles. The van der Waals surface area contributed by atoms with Crippen molar-refractivity contribution in [2.75, 3.05) is 0 Å². The summed E-state index contributed by atoms with van der Waals surface area (Å²) in [4.78, 5) is 4.01. The number of aromatic nitrogens is 1. The third kappa shape index (κ3) is 2.26. The normalized spacial score (nSPS) is 15.4. The molecule has 0 spiro atoms. The van der Waals surface area contributed by atoms with Gasteiger partial charge in [0, 0.05) is 12.4 Å². The summed E-state index contributed by atoms with van der Waals surface area (Å²) in [5.41, 5.74) is 7.92. The van der Waals surface area contributed by atoms with E-state index in [1.807, 2.05) is 6.07 Å². The van der Waals surface area contributed by atoms with Crippen molar-refractivity contribution in [3.05, 3.63) is 29.6 Å². The fourth-order valence-corrected chi connectivity index (χ4v) is 1.32. The van der Waals surface area contributed by atoms with E-state index in [2.05, 4.69) is 11.9 Å². The lowest BCUT2D eigenvalue weighted by Gasteiger charge is -2.17. The molecule has 1 aromatic heterocycles. The first-order valence-electron chi connectivity index (χ1n) is 4.53. The minimum absolute atomic E-state index is 0.330. The van der Waals surface area contributed by atoms with E-state index in [0.29, 0.717) is 0 Å². The van der Waals surface area contributed by atoms with E-state index in [0.717, 1.165) is 17.5 Å². The van der Waals surface area contributed by atoms with E-state index in [1.54, 1.807) is 19.3 Å². The number of hydrogen-bond donors (Lipinski definition) is 2. The highest BCUT2D eigenvalue weighted by molar-refractivity contribution is 5.26. The number of hydrogen-bond acceptors (Lipinski definition) is 3. The molecule has 13 heavy (non-hydrogen) atoms. The first-order chi connectivity index (χ1) is 6.16. The van der Waals surface area contributed by atoms with Crippen LogP contribution in [0.5, 0.6) is 0 Å². The molecule has 72 valence electrons. The van der Waals surface area contributed by atoms with Crippen LogP contribution in [-0.2, 0) is 6.42 Å². The third-order valence-corrected chi connectivity index (χ3v) is 2.21. The van der Waals surface area contributed by atoms with E-state index in [4.69, 9.17) is 5.73 Å². The van der Waals surface area contributed by atoms with Gasteiger partial charge in [0.1, 0.15) is 0 Å². The second kappa shape index (κ2) is 4.35. The van der Waals surface area contributed by atoms with Crippen LogP contribution in [0.25, 0.3) is 0 Å². The average Bonchev–Trinajstić information content (AvgIpc) is 2.16. The van der Waals surface area contributed by atoms with Crippen molar-refractivity contribution in [3.8, 4) is 0 Å². The molecule has 0 aliphatic heterocycles. The quantitative estimate of drug-likeness (QED) is 0.730.